The lowest BCUT2D eigenvalue weighted by atomic mass is 9.95. The van der Waals surface area contributed by atoms with E-state index in [-0.39, 0.29) is 29.0 Å². The number of carbonyl (C=O) groups excluding carboxylic acids is 5. The molecule has 4 rings (SSSR count). The summed E-state index contributed by atoms with van der Waals surface area (Å²) in [5.41, 5.74) is 1.18. The number of fused-ring (bicyclic) bond motifs is 1. The van der Waals surface area contributed by atoms with Crippen molar-refractivity contribution in [1.29, 1.82) is 0 Å². The number of nitrogens with one attached hydrogen (secondary N) is 2. The van der Waals surface area contributed by atoms with E-state index in [0.717, 1.165) is 4.90 Å². The van der Waals surface area contributed by atoms with Crippen LogP contribution in [-0.2, 0) is 19.1 Å². The van der Waals surface area contributed by atoms with E-state index >= 15 is 0 Å². The highest BCUT2D eigenvalue weighted by molar-refractivity contribution is 6.22. The van der Waals surface area contributed by atoms with Crippen LogP contribution in [0.3, 0.4) is 0 Å². The number of hydrogen-bond donors (Lipinski definition) is 2. The molecule has 2 aromatic carbocycles. The molecule has 0 saturated heterocycles. The van der Waals surface area contributed by atoms with E-state index in [1.165, 1.54) is 19.1 Å². The van der Waals surface area contributed by atoms with E-state index < -0.39 is 48.5 Å². The summed E-state index contributed by atoms with van der Waals surface area (Å²) >= 11 is 0. The van der Waals surface area contributed by atoms with E-state index in [1.54, 1.807) is 49.4 Å². The third-order valence-electron chi connectivity index (χ3n) is 5.69. The van der Waals surface area contributed by atoms with Gasteiger partial charge in [0.25, 0.3) is 11.8 Å². The molecule has 0 saturated carbocycles. The maximum atomic E-state index is 12.8. The molecule has 4 amide bonds. The van der Waals surface area contributed by atoms with Crippen molar-refractivity contribution in [3.8, 4) is 0 Å². The number of nitrogens with zero attached hydrogens (tertiary/aromatic N) is 1. The van der Waals surface area contributed by atoms with Gasteiger partial charge in [0.2, 0.25) is 0 Å². The van der Waals surface area contributed by atoms with Crippen molar-refractivity contribution >= 4 is 29.8 Å². The molecule has 0 aliphatic carbocycles. The predicted octanol–water partition coefficient (Wildman–Crippen LogP) is 2.09. The zero-order valence-electron chi connectivity index (χ0n) is 19.1. The Balaban J connectivity index is 1.57. The third-order valence-corrected chi connectivity index (χ3v) is 5.69. The molecular weight excluding hydrogens is 454 g/mol. The molecular formula is C25H23N3O7. The molecule has 10 nitrogen and oxygen atoms in total. The highest BCUT2D eigenvalue weighted by Gasteiger charge is 2.41. The zero-order valence-corrected chi connectivity index (χ0v) is 19.1. The van der Waals surface area contributed by atoms with Crippen LogP contribution in [0.4, 0.5) is 4.79 Å². The van der Waals surface area contributed by atoms with E-state index in [2.05, 4.69) is 10.6 Å². The normalized spacial score (nSPS) is 17.9. The minimum atomic E-state index is -1.23. The summed E-state index contributed by atoms with van der Waals surface area (Å²) in [6, 6.07) is 12.4. The van der Waals surface area contributed by atoms with E-state index in [4.69, 9.17) is 9.47 Å². The molecule has 2 aliphatic rings. The summed E-state index contributed by atoms with van der Waals surface area (Å²) in [5, 5.41) is 5.19. The number of ether oxygens (including phenoxy) is 2. The van der Waals surface area contributed by atoms with Crippen LogP contribution < -0.4 is 10.6 Å². The van der Waals surface area contributed by atoms with Crippen LogP contribution in [0.1, 0.15) is 46.2 Å². The van der Waals surface area contributed by atoms with Crippen LogP contribution in [0, 0.1) is 0 Å². The van der Waals surface area contributed by atoms with Crippen LogP contribution in [0.2, 0.25) is 0 Å². The minimum Gasteiger partial charge on any atom is -0.463 e. The van der Waals surface area contributed by atoms with Crippen LogP contribution >= 0.6 is 0 Å². The van der Waals surface area contributed by atoms with Crippen LogP contribution in [0.15, 0.2) is 65.9 Å². The first-order chi connectivity index (χ1) is 16.8. The lowest BCUT2D eigenvalue weighted by Gasteiger charge is -2.29. The molecule has 0 radical (unpaired) electrons. The van der Waals surface area contributed by atoms with Crippen molar-refractivity contribution in [1.82, 2.24) is 15.5 Å². The Labute approximate surface area is 200 Å². The first-order valence-electron chi connectivity index (χ1n) is 11.0. The average Bonchev–Trinajstić information content (AvgIpc) is 3.12. The first-order valence-corrected chi connectivity index (χ1v) is 11.0. The molecule has 2 atom stereocenters. The maximum absolute atomic E-state index is 12.8. The lowest BCUT2D eigenvalue weighted by molar-refractivity contribution is -0.147. The standard InChI is InChI=1S/C25H23N3O7/c1-3-34-24(32)19-18(26-25(33)27-20(19)15-9-5-4-6-10-15)13-35-23(31)14(2)28-21(29)16-11-7-8-12-17(16)22(28)30/h4-12,14,20H,3,13H2,1-2H3,(H2,26,27,33)/t14-,20+/m1/s1. The molecule has 0 bridgehead atoms. The smallest absolute Gasteiger partial charge is 0.338 e. The lowest BCUT2D eigenvalue weighted by Crippen LogP contribution is -2.48. The van der Waals surface area contributed by atoms with Gasteiger partial charge in [-0.15, -0.1) is 0 Å². The number of amides is 4. The number of urea groups is 1. The molecule has 2 heterocycles. The summed E-state index contributed by atoms with van der Waals surface area (Å²) in [4.78, 5) is 64.1. The minimum absolute atomic E-state index is 0.0453. The second kappa shape index (κ2) is 9.80. The first kappa shape index (κ1) is 23.7. The zero-order chi connectivity index (χ0) is 25.1. The summed E-state index contributed by atoms with van der Waals surface area (Å²) in [6.07, 6.45) is 0. The number of imide groups is 1. The van der Waals surface area contributed by atoms with Gasteiger partial charge in [0, 0.05) is 0 Å². The predicted molar refractivity (Wildman–Crippen MR) is 122 cm³/mol. The highest BCUT2D eigenvalue weighted by Crippen LogP contribution is 2.28. The Morgan fingerprint density at radius 3 is 2.14 bits per heavy atom. The van der Waals surface area contributed by atoms with Crippen LogP contribution in [0.5, 0.6) is 0 Å². The topological polar surface area (TPSA) is 131 Å². The number of hydrogen-bond acceptors (Lipinski definition) is 7. The van der Waals surface area contributed by atoms with Gasteiger partial charge in [-0.3, -0.25) is 14.5 Å². The quantitative estimate of drug-likeness (QED) is 0.461. The Morgan fingerprint density at radius 2 is 1.54 bits per heavy atom. The molecule has 180 valence electrons. The molecule has 35 heavy (non-hydrogen) atoms. The van der Waals surface area contributed by atoms with Gasteiger partial charge >= 0.3 is 18.0 Å². The highest BCUT2D eigenvalue weighted by atomic mass is 16.5. The summed E-state index contributed by atoms with van der Waals surface area (Å²) in [5.74, 6) is -2.76. The second-order valence-electron chi connectivity index (χ2n) is 7.86. The van der Waals surface area contributed by atoms with Crippen molar-refractivity contribution in [2.45, 2.75) is 25.9 Å². The largest absolute Gasteiger partial charge is 0.463 e. The summed E-state index contributed by atoms with van der Waals surface area (Å²) < 4.78 is 10.5. The van der Waals surface area contributed by atoms with Gasteiger partial charge in [-0.05, 0) is 31.5 Å². The Hall–Kier alpha value is -4.47. The molecule has 2 aromatic rings. The average molecular weight is 477 g/mol. The Morgan fingerprint density at radius 1 is 0.943 bits per heavy atom. The van der Waals surface area contributed by atoms with Crippen molar-refractivity contribution in [2.24, 2.45) is 0 Å². The molecule has 2 N–H and O–H groups in total. The van der Waals surface area contributed by atoms with Crippen molar-refractivity contribution in [3.63, 3.8) is 0 Å². The molecule has 0 fully saturated rings. The van der Waals surface area contributed by atoms with Crippen molar-refractivity contribution in [2.75, 3.05) is 13.2 Å². The summed E-state index contributed by atoms with van der Waals surface area (Å²) in [6.45, 7) is 2.64. The SMILES string of the molecule is CCOC(=O)C1=C(COC(=O)[C@@H](C)N2C(=O)c3ccccc3C2=O)NC(=O)N[C@H]1c1ccccc1. The van der Waals surface area contributed by atoms with Gasteiger partial charge in [-0.1, -0.05) is 42.5 Å². The Bertz CT molecular complexity index is 1200. The number of benzene rings is 2. The molecule has 0 unspecified atom stereocenters. The fraction of sp³-hybridized carbons (Fsp3) is 0.240. The monoisotopic (exact) mass is 477 g/mol. The van der Waals surface area contributed by atoms with Gasteiger partial charge in [-0.25, -0.2) is 14.4 Å². The fourth-order valence-electron chi connectivity index (χ4n) is 4.01. The van der Waals surface area contributed by atoms with Crippen molar-refractivity contribution < 1.29 is 33.4 Å². The second-order valence-corrected chi connectivity index (χ2v) is 7.86. The molecule has 0 aromatic heterocycles. The summed E-state index contributed by atoms with van der Waals surface area (Å²) in [7, 11) is 0. The van der Waals surface area contributed by atoms with E-state index in [9.17, 15) is 24.0 Å². The third kappa shape index (κ3) is 4.50. The van der Waals surface area contributed by atoms with E-state index in [1.807, 2.05) is 0 Å². The van der Waals surface area contributed by atoms with Gasteiger partial charge in [0.05, 0.1) is 35.0 Å². The number of carbonyl (C=O) groups is 5. The van der Waals surface area contributed by atoms with E-state index in [0.29, 0.717) is 5.56 Å². The molecule has 2 aliphatic heterocycles. The van der Waals surface area contributed by atoms with Crippen LogP contribution in [-0.4, -0.2) is 53.9 Å². The number of rotatable bonds is 7. The van der Waals surface area contributed by atoms with Crippen molar-refractivity contribution in [3.05, 3.63) is 82.6 Å². The van der Waals surface area contributed by atoms with Gasteiger partial charge < -0.3 is 20.1 Å². The molecule has 10 heteroatoms. The maximum Gasteiger partial charge on any atom is 0.338 e. The van der Waals surface area contributed by atoms with Gasteiger partial charge in [0.15, 0.2) is 0 Å². The fourth-order valence-corrected chi connectivity index (χ4v) is 4.01. The Kier molecular flexibility index (Phi) is 6.63. The molecule has 0 spiro atoms. The van der Waals surface area contributed by atoms with Gasteiger partial charge in [-0.2, -0.15) is 0 Å². The van der Waals surface area contributed by atoms with Gasteiger partial charge in [0.1, 0.15) is 12.6 Å². The van der Waals surface area contributed by atoms with Crippen LogP contribution in [0.25, 0.3) is 0 Å². The number of esters is 2.